The second-order valence-electron chi connectivity index (χ2n) is 8.11. The molecule has 34 heavy (non-hydrogen) atoms. The second kappa shape index (κ2) is 8.84. The van der Waals surface area contributed by atoms with Crippen LogP contribution in [-0.2, 0) is 38.1 Å². The van der Waals surface area contributed by atoms with E-state index in [4.69, 9.17) is 28.4 Å². The molecule has 0 aromatic heterocycles. The van der Waals surface area contributed by atoms with E-state index in [0.29, 0.717) is 17.1 Å². The first-order valence-electron chi connectivity index (χ1n) is 10.5. The van der Waals surface area contributed by atoms with E-state index in [0.717, 1.165) is 20.8 Å². The molecule has 182 valence electrons. The van der Waals surface area contributed by atoms with E-state index in [1.807, 2.05) is 0 Å². The van der Waals surface area contributed by atoms with Crippen molar-refractivity contribution < 1.29 is 52.4 Å². The van der Waals surface area contributed by atoms with Crippen LogP contribution < -0.4 is 14.8 Å². The summed E-state index contributed by atoms with van der Waals surface area (Å²) < 4.78 is 32.7. The average molecular weight is 477 g/mol. The lowest BCUT2D eigenvalue weighted by Crippen LogP contribution is -2.69. The van der Waals surface area contributed by atoms with Gasteiger partial charge in [0, 0.05) is 39.2 Å². The Balaban J connectivity index is 1.91. The van der Waals surface area contributed by atoms with Gasteiger partial charge in [0.25, 0.3) is 5.91 Å². The zero-order valence-corrected chi connectivity index (χ0v) is 18.8. The van der Waals surface area contributed by atoms with Crippen LogP contribution in [0.15, 0.2) is 12.1 Å². The van der Waals surface area contributed by atoms with Crippen molar-refractivity contribution >= 4 is 29.8 Å². The highest BCUT2D eigenvalue weighted by Gasteiger charge is 2.60. The number of hydrogen-bond acceptors (Lipinski definition) is 11. The molecule has 0 radical (unpaired) electrons. The number of ether oxygens (including phenoxy) is 6. The van der Waals surface area contributed by atoms with E-state index in [2.05, 4.69) is 5.32 Å². The molecule has 12 heteroatoms. The molecule has 2 heterocycles. The number of benzene rings is 1. The molecule has 6 atom stereocenters. The van der Waals surface area contributed by atoms with Gasteiger partial charge in [-0.25, -0.2) is 0 Å². The summed E-state index contributed by atoms with van der Waals surface area (Å²) in [6.07, 6.45) is -5.18. The maximum Gasteiger partial charge on any atom is 0.303 e. The molecule has 1 amide bonds. The smallest absolute Gasteiger partial charge is 0.303 e. The molecule has 0 bridgehead atoms. The van der Waals surface area contributed by atoms with Crippen molar-refractivity contribution in [3.05, 3.63) is 23.3 Å². The first-order valence-corrected chi connectivity index (χ1v) is 10.5. The lowest BCUT2D eigenvalue weighted by molar-refractivity contribution is -0.217. The normalized spacial score (nSPS) is 28.5. The fourth-order valence-electron chi connectivity index (χ4n) is 4.71. The molecular weight excluding hydrogens is 454 g/mol. The SMILES string of the molecule is CC(=O)OC1C2NC(=O)c3cc4c(cc3C2C(OC(C)=O)[C@H](OC(C)=O)[C@H]1OC(C)=O)OCO4. The minimum Gasteiger partial charge on any atom is -0.458 e. The summed E-state index contributed by atoms with van der Waals surface area (Å²) in [5.41, 5.74) is 0.622. The van der Waals surface area contributed by atoms with Gasteiger partial charge in [-0.3, -0.25) is 24.0 Å². The van der Waals surface area contributed by atoms with Gasteiger partial charge in [0.05, 0.1) is 6.04 Å². The standard InChI is InChI=1S/C22H23NO11/c1-8(24)31-18-16-12-5-14-15(30-7-29-14)6-13(12)22(28)23-17(16)19(32-9(2)25)21(34-11(4)27)20(18)33-10(3)26/h5-6,16-21H,7H2,1-4H3,(H,23,28)/t16?,17?,18?,19?,20-,21-/m0/s1. The van der Waals surface area contributed by atoms with Crippen molar-refractivity contribution in [2.24, 2.45) is 0 Å². The third-order valence-corrected chi connectivity index (χ3v) is 5.72. The summed E-state index contributed by atoms with van der Waals surface area (Å²) in [5.74, 6) is -3.57. The van der Waals surface area contributed by atoms with Gasteiger partial charge in [-0.05, 0) is 17.7 Å². The topological polar surface area (TPSA) is 153 Å². The minimum atomic E-state index is -1.37. The molecule has 1 fully saturated rings. The van der Waals surface area contributed by atoms with Gasteiger partial charge in [0.2, 0.25) is 6.79 Å². The Labute approximate surface area is 193 Å². The molecule has 0 spiro atoms. The first kappa shape index (κ1) is 23.3. The number of hydrogen-bond donors (Lipinski definition) is 1. The van der Waals surface area contributed by atoms with Crippen molar-refractivity contribution in [2.45, 2.75) is 64.1 Å². The Kier molecular flexibility index (Phi) is 6.07. The Morgan fingerprint density at radius 3 is 1.79 bits per heavy atom. The van der Waals surface area contributed by atoms with Crippen LogP contribution in [0, 0.1) is 0 Å². The molecule has 1 aromatic rings. The number of amides is 1. The molecule has 4 rings (SSSR count). The molecule has 1 aliphatic carbocycles. The highest BCUT2D eigenvalue weighted by Crippen LogP contribution is 2.47. The van der Waals surface area contributed by atoms with Crippen molar-refractivity contribution in [2.75, 3.05) is 6.79 Å². The molecular formula is C22H23NO11. The molecule has 0 saturated heterocycles. The summed E-state index contributed by atoms with van der Waals surface area (Å²) >= 11 is 0. The summed E-state index contributed by atoms with van der Waals surface area (Å²) in [4.78, 5) is 61.0. The van der Waals surface area contributed by atoms with E-state index in [1.54, 1.807) is 6.07 Å². The Hall–Kier alpha value is -3.83. The number of nitrogens with one attached hydrogen (secondary N) is 1. The fraction of sp³-hybridized carbons (Fsp3) is 0.500. The number of esters is 4. The van der Waals surface area contributed by atoms with Crippen molar-refractivity contribution in [3.8, 4) is 11.5 Å². The number of fused-ring (bicyclic) bond motifs is 4. The highest BCUT2D eigenvalue weighted by atomic mass is 16.7. The maximum atomic E-state index is 13.0. The van der Waals surface area contributed by atoms with E-state index in [-0.39, 0.29) is 12.4 Å². The van der Waals surface area contributed by atoms with Crippen LogP contribution in [0.25, 0.3) is 0 Å². The number of rotatable bonds is 4. The van der Waals surface area contributed by atoms with Crippen LogP contribution in [-0.4, -0.2) is 67.0 Å². The van der Waals surface area contributed by atoms with Crippen LogP contribution in [0.2, 0.25) is 0 Å². The molecule has 1 aromatic carbocycles. The summed E-state index contributed by atoms with van der Waals surface area (Å²) in [7, 11) is 0. The van der Waals surface area contributed by atoms with Gasteiger partial charge in [0.15, 0.2) is 35.9 Å². The van der Waals surface area contributed by atoms with Gasteiger partial charge >= 0.3 is 23.9 Å². The number of carbonyl (C=O) groups is 5. The van der Waals surface area contributed by atoms with Gasteiger partial charge in [-0.1, -0.05) is 0 Å². The lowest BCUT2D eigenvalue weighted by atomic mass is 9.69. The van der Waals surface area contributed by atoms with Gasteiger partial charge in [-0.2, -0.15) is 0 Å². The van der Waals surface area contributed by atoms with Crippen LogP contribution in [0.5, 0.6) is 11.5 Å². The molecule has 1 saturated carbocycles. The van der Waals surface area contributed by atoms with Crippen LogP contribution in [0.3, 0.4) is 0 Å². The first-order chi connectivity index (χ1) is 16.1. The van der Waals surface area contributed by atoms with Gasteiger partial charge in [-0.15, -0.1) is 0 Å². The molecule has 12 nitrogen and oxygen atoms in total. The van der Waals surface area contributed by atoms with E-state index >= 15 is 0 Å². The van der Waals surface area contributed by atoms with Crippen molar-refractivity contribution in [1.82, 2.24) is 5.32 Å². The Morgan fingerprint density at radius 1 is 0.765 bits per heavy atom. The fourth-order valence-corrected chi connectivity index (χ4v) is 4.71. The third kappa shape index (κ3) is 4.22. The molecule has 3 aliphatic rings. The molecule has 2 aliphatic heterocycles. The quantitative estimate of drug-likeness (QED) is 0.472. The number of carbonyl (C=O) groups excluding carboxylic acids is 5. The second-order valence-corrected chi connectivity index (χ2v) is 8.11. The predicted octanol–water partition coefficient (Wildman–Crippen LogP) is 0.351. The maximum absolute atomic E-state index is 13.0. The highest BCUT2D eigenvalue weighted by molar-refractivity contribution is 5.98. The van der Waals surface area contributed by atoms with E-state index in [9.17, 15) is 24.0 Å². The summed E-state index contributed by atoms with van der Waals surface area (Å²) in [5, 5.41) is 2.77. The molecule has 4 unspecified atom stereocenters. The minimum absolute atomic E-state index is 0.0397. The van der Waals surface area contributed by atoms with E-state index in [1.165, 1.54) is 13.0 Å². The van der Waals surface area contributed by atoms with Gasteiger partial charge in [0.1, 0.15) is 0 Å². The van der Waals surface area contributed by atoms with Crippen molar-refractivity contribution in [1.29, 1.82) is 0 Å². The summed E-state index contributed by atoms with van der Waals surface area (Å²) in [6, 6.07) is 2.07. The monoisotopic (exact) mass is 477 g/mol. The third-order valence-electron chi connectivity index (χ3n) is 5.72. The molecule has 1 N–H and O–H groups in total. The average Bonchev–Trinajstić information content (AvgIpc) is 3.18. The lowest BCUT2D eigenvalue weighted by Gasteiger charge is -2.50. The van der Waals surface area contributed by atoms with Crippen molar-refractivity contribution in [3.63, 3.8) is 0 Å². The zero-order valence-electron chi connectivity index (χ0n) is 18.8. The van der Waals surface area contributed by atoms with Crippen LogP contribution in [0.4, 0.5) is 0 Å². The van der Waals surface area contributed by atoms with Crippen LogP contribution >= 0.6 is 0 Å². The predicted molar refractivity (Wildman–Crippen MR) is 109 cm³/mol. The van der Waals surface area contributed by atoms with E-state index < -0.39 is 66.2 Å². The largest absolute Gasteiger partial charge is 0.458 e. The zero-order chi connectivity index (χ0) is 24.7. The Bertz CT molecular complexity index is 1070. The summed E-state index contributed by atoms with van der Waals surface area (Å²) in [6.45, 7) is 4.54. The van der Waals surface area contributed by atoms with Gasteiger partial charge < -0.3 is 33.7 Å². The van der Waals surface area contributed by atoms with Crippen LogP contribution in [0.1, 0.15) is 49.5 Å². The Morgan fingerprint density at radius 2 is 1.24 bits per heavy atom.